The average Bonchev–Trinajstić information content (AvgIpc) is 2.92. The Balaban J connectivity index is 2.15. The van der Waals surface area contributed by atoms with Gasteiger partial charge < -0.3 is 10.4 Å². The maximum atomic E-state index is 14.8. The van der Waals surface area contributed by atoms with Crippen LogP contribution in [0.25, 0.3) is 0 Å². The number of aliphatic hydroxyl groups is 1. The van der Waals surface area contributed by atoms with E-state index in [1.807, 2.05) is 91.0 Å². The van der Waals surface area contributed by atoms with Crippen molar-refractivity contribution >= 4 is 5.69 Å². The zero-order valence-electron chi connectivity index (χ0n) is 20.9. The maximum absolute atomic E-state index is 14.8. The average molecular weight is 518 g/mol. The third-order valence-corrected chi connectivity index (χ3v) is 6.87. The highest BCUT2D eigenvalue weighted by molar-refractivity contribution is 5.71. The fourth-order valence-electron chi connectivity index (χ4n) is 4.92. The molecule has 0 bridgehead atoms. The molecule has 38 heavy (non-hydrogen) atoms. The van der Waals surface area contributed by atoms with Gasteiger partial charge in [0.05, 0.1) is 11.3 Å². The Kier molecular flexibility index (Phi) is 7.35. The second-order valence-electron chi connectivity index (χ2n) is 9.41. The summed E-state index contributed by atoms with van der Waals surface area (Å²) in [7, 11) is 0. The first kappa shape index (κ1) is 27.0. The molecule has 0 aliphatic carbocycles. The van der Waals surface area contributed by atoms with E-state index in [1.54, 1.807) is 0 Å². The molecule has 194 valence electrons. The molecule has 2 N–H and O–H groups in total. The lowest BCUT2D eigenvalue weighted by molar-refractivity contribution is -0.282. The van der Waals surface area contributed by atoms with Crippen molar-refractivity contribution < 1.29 is 22.7 Å². The smallest absolute Gasteiger partial charge is 0.376 e. The topological polar surface area (TPSA) is 32.3 Å². The van der Waals surface area contributed by atoms with Crippen LogP contribution in [-0.2, 0) is 11.1 Å². The number of anilines is 1. The van der Waals surface area contributed by atoms with E-state index in [-0.39, 0.29) is 11.3 Å². The first-order valence-corrected chi connectivity index (χ1v) is 12.1. The van der Waals surface area contributed by atoms with Crippen LogP contribution in [0.4, 0.5) is 23.2 Å². The van der Waals surface area contributed by atoms with Gasteiger partial charge in [0.2, 0.25) is 0 Å². The lowest BCUT2D eigenvalue weighted by atomic mass is 9.75. The Morgan fingerprint density at radius 2 is 1.18 bits per heavy atom. The summed E-state index contributed by atoms with van der Waals surface area (Å²) in [6.07, 6.45) is 0.613. The molecular weight excluding hydrogens is 490 g/mol. The van der Waals surface area contributed by atoms with Crippen molar-refractivity contribution in [1.82, 2.24) is 0 Å². The molecule has 0 heterocycles. The summed E-state index contributed by atoms with van der Waals surface area (Å²) >= 11 is 0. The molecule has 0 aliphatic rings. The Morgan fingerprint density at radius 3 is 1.53 bits per heavy atom. The van der Waals surface area contributed by atoms with Gasteiger partial charge in [-0.3, -0.25) is 0 Å². The Bertz CT molecular complexity index is 1330. The molecule has 0 saturated carbocycles. The molecule has 6 heteroatoms. The number of halogens is 4. The number of nitrogens with one attached hydrogen (secondary N) is 1. The van der Waals surface area contributed by atoms with E-state index < -0.39 is 34.6 Å². The van der Waals surface area contributed by atoms with Crippen LogP contribution >= 0.6 is 0 Å². The van der Waals surface area contributed by atoms with Crippen molar-refractivity contribution in [3.8, 4) is 12.3 Å². The van der Waals surface area contributed by atoms with Crippen LogP contribution in [0.3, 0.4) is 0 Å². The molecule has 0 aliphatic heterocycles. The van der Waals surface area contributed by atoms with Gasteiger partial charge in [-0.25, -0.2) is 4.39 Å². The Labute approximate surface area is 220 Å². The fourth-order valence-corrected chi connectivity index (χ4v) is 4.92. The first-order valence-electron chi connectivity index (χ1n) is 12.1. The van der Waals surface area contributed by atoms with Crippen LogP contribution in [0.15, 0.2) is 103 Å². The van der Waals surface area contributed by atoms with Crippen LogP contribution in [0.1, 0.15) is 41.7 Å². The molecule has 4 aromatic carbocycles. The van der Waals surface area contributed by atoms with E-state index in [0.29, 0.717) is 22.8 Å². The van der Waals surface area contributed by atoms with Crippen LogP contribution in [0, 0.1) is 24.1 Å². The van der Waals surface area contributed by atoms with Crippen molar-refractivity contribution in [2.75, 3.05) is 5.32 Å². The number of alkyl halides is 3. The standard InChI is InChI=1S/C32H27F4NO/c1-4-23-20-27(33)21-28(31(38,22(2)3)32(34,35)36)29(23)37-30(24-14-8-5-9-15-24,25-16-10-6-11-17-25)26-18-12-7-13-19-26/h1,5-22,37-38H,2-3H3. The van der Waals surface area contributed by atoms with Gasteiger partial charge in [-0.1, -0.05) is 111 Å². The van der Waals surface area contributed by atoms with Gasteiger partial charge >= 0.3 is 6.18 Å². The van der Waals surface area contributed by atoms with Gasteiger partial charge in [0, 0.05) is 5.56 Å². The molecule has 1 atom stereocenters. The highest BCUT2D eigenvalue weighted by Crippen LogP contribution is 2.50. The van der Waals surface area contributed by atoms with Crippen molar-refractivity contribution in [3.05, 3.63) is 137 Å². The summed E-state index contributed by atoms with van der Waals surface area (Å²) in [5.74, 6) is 0.00345. The molecule has 0 radical (unpaired) electrons. The summed E-state index contributed by atoms with van der Waals surface area (Å²) in [5, 5.41) is 14.6. The van der Waals surface area contributed by atoms with Crippen LogP contribution in [0.2, 0.25) is 0 Å². The molecule has 0 aromatic heterocycles. The van der Waals surface area contributed by atoms with Gasteiger partial charge in [-0.05, 0) is 34.7 Å². The van der Waals surface area contributed by atoms with Crippen molar-refractivity contribution in [3.63, 3.8) is 0 Å². The van der Waals surface area contributed by atoms with Gasteiger partial charge in [0.15, 0.2) is 5.60 Å². The molecule has 0 saturated heterocycles. The van der Waals surface area contributed by atoms with E-state index in [9.17, 15) is 22.7 Å². The molecule has 0 fully saturated rings. The van der Waals surface area contributed by atoms with E-state index in [4.69, 9.17) is 6.42 Å². The van der Waals surface area contributed by atoms with Crippen LogP contribution in [-0.4, -0.2) is 11.3 Å². The van der Waals surface area contributed by atoms with Crippen molar-refractivity contribution in [1.29, 1.82) is 0 Å². The van der Waals surface area contributed by atoms with Gasteiger partial charge in [-0.2, -0.15) is 13.2 Å². The maximum Gasteiger partial charge on any atom is 0.421 e. The van der Waals surface area contributed by atoms with Gasteiger partial charge in [0.1, 0.15) is 11.4 Å². The predicted octanol–water partition coefficient (Wildman–Crippen LogP) is 7.62. The monoisotopic (exact) mass is 517 g/mol. The number of hydrogen-bond acceptors (Lipinski definition) is 2. The normalized spacial score (nSPS) is 13.6. The lowest BCUT2D eigenvalue weighted by Crippen LogP contribution is -2.48. The largest absolute Gasteiger partial charge is 0.421 e. The SMILES string of the molecule is C#Cc1cc(F)cc(C(O)(C(C)C)C(F)(F)F)c1NC(c1ccccc1)(c1ccccc1)c1ccccc1. The Hall–Kier alpha value is -4.08. The third-order valence-electron chi connectivity index (χ3n) is 6.87. The minimum atomic E-state index is -5.12. The number of rotatable bonds is 7. The summed E-state index contributed by atoms with van der Waals surface area (Å²) in [6.45, 7) is 2.47. The molecule has 4 aromatic rings. The summed E-state index contributed by atoms with van der Waals surface area (Å²) < 4.78 is 58.4. The molecule has 0 spiro atoms. The number of benzene rings is 4. The summed E-state index contributed by atoms with van der Waals surface area (Å²) in [5.41, 5.74) is -3.54. The van der Waals surface area contributed by atoms with E-state index in [0.717, 1.165) is 6.07 Å². The summed E-state index contributed by atoms with van der Waals surface area (Å²) in [4.78, 5) is 0. The van der Waals surface area contributed by atoms with Crippen molar-refractivity contribution in [2.45, 2.75) is 31.2 Å². The number of terminal acetylenes is 1. The second kappa shape index (κ2) is 10.4. The van der Waals surface area contributed by atoms with E-state index in [1.165, 1.54) is 13.8 Å². The van der Waals surface area contributed by atoms with Gasteiger partial charge in [0.25, 0.3) is 0 Å². The van der Waals surface area contributed by atoms with E-state index in [2.05, 4.69) is 11.2 Å². The van der Waals surface area contributed by atoms with Crippen molar-refractivity contribution in [2.24, 2.45) is 5.92 Å². The fraction of sp³-hybridized carbons (Fsp3) is 0.188. The second-order valence-corrected chi connectivity index (χ2v) is 9.41. The molecule has 2 nitrogen and oxygen atoms in total. The molecule has 0 amide bonds. The lowest BCUT2D eigenvalue weighted by Gasteiger charge is -2.41. The molecule has 1 unspecified atom stereocenters. The quantitative estimate of drug-likeness (QED) is 0.150. The Morgan fingerprint density at radius 1 is 0.763 bits per heavy atom. The molecular formula is C32H27F4NO. The zero-order valence-corrected chi connectivity index (χ0v) is 20.9. The van der Waals surface area contributed by atoms with Crippen LogP contribution < -0.4 is 5.32 Å². The molecule has 4 rings (SSSR count). The minimum absolute atomic E-state index is 0.143. The third kappa shape index (κ3) is 4.55. The van der Waals surface area contributed by atoms with E-state index >= 15 is 0 Å². The van der Waals surface area contributed by atoms with Crippen LogP contribution in [0.5, 0.6) is 0 Å². The zero-order chi connectivity index (χ0) is 27.6. The number of hydrogen-bond donors (Lipinski definition) is 2. The highest BCUT2D eigenvalue weighted by atomic mass is 19.4. The first-order chi connectivity index (χ1) is 18.1. The summed E-state index contributed by atoms with van der Waals surface area (Å²) in [6, 6.07) is 29.3. The predicted molar refractivity (Wildman–Crippen MR) is 142 cm³/mol. The highest BCUT2D eigenvalue weighted by Gasteiger charge is 2.58. The minimum Gasteiger partial charge on any atom is -0.376 e. The van der Waals surface area contributed by atoms with Gasteiger partial charge in [-0.15, -0.1) is 6.42 Å².